The van der Waals surface area contributed by atoms with Gasteiger partial charge in [0.2, 0.25) is 0 Å². The van der Waals surface area contributed by atoms with E-state index in [-0.39, 0.29) is 5.91 Å². The Bertz CT molecular complexity index is 650. The first-order valence-electron chi connectivity index (χ1n) is 7.04. The Kier molecular flexibility index (Phi) is 3.88. The van der Waals surface area contributed by atoms with Gasteiger partial charge in [-0.1, -0.05) is 6.07 Å². The van der Waals surface area contributed by atoms with Crippen LogP contribution in [0.2, 0.25) is 0 Å². The van der Waals surface area contributed by atoms with Crippen LogP contribution in [0.25, 0.3) is 0 Å². The highest BCUT2D eigenvalue weighted by atomic mass is 16.5. The molecule has 108 valence electrons. The fourth-order valence-corrected chi connectivity index (χ4v) is 2.50. The first-order chi connectivity index (χ1) is 10.3. The van der Waals surface area contributed by atoms with E-state index in [0.29, 0.717) is 5.56 Å². The largest absolute Gasteiger partial charge is 0.497 e. The van der Waals surface area contributed by atoms with Crippen molar-refractivity contribution >= 4 is 11.6 Å². The molecular formula is C17H18N2O2. The molecule has 4 nitrogen and oxygen atoms in total. The predicted molar refractivity (Wildman–Crippen MR) is 82.8 cm³/mol. The molecular weight excluding hydrogens is 264 g/mol. The first kappa shape index (κ1) is 13.6. The summed E-state index contributed by atoms with van der Waals surface area (Å²) in [6, 6.07) is 13.2. The third kappa shape index (κ3) is 3.06. The Balaban J connectivity index is 1.75. The molecule has 0 aromatic heterocycles. The number of hydrogen-bond acceptors (Lipinski definition) is 3. The van der Waals surface area contributed by atoms with Gasteiger partial charge in [0.05, 0.1) is 7.11 Å². The van der Waals surface area contributed by atoms with Crippen molar-refractivity contribution in [3.05, 3.63) is 59.2 Å². The molecule has 21 heavy (non-hydrogen) atoms. The van der Waals surface area contributed by atoms with Crippen LogP contribution in [-0.2, 0) is 13.0 Å². The predicted octanol–water partition coefficient (Wildman–Crippen LogP) is 2.59. The topological polar surface area (TPSA) is 50.4 Å². The average molecular weight is 282 g/mol. The zero-order chi connectivity index (χ0) is 14.7. The van der Waals surface area contributed by atoms with E-state index in [9.17, 15) is 4.79 Å². The number of amides is 1. The molecule has 0 spiro atoms. The lowest BCUT2D eigenvalue weighted by Crippen LogP contribution is -2.24. The summed E-state index contributed by atoms with van der Waals surface area (Å²) >= 11 is 0. The van der Waals surface area contributed by atoms with Gasteiger partial charge in [0.15, 0.2) is 0 Å². The fraction of sp³-hybridized carbons (Fsp3) is 0.235. The highest BCUT2D eigenvalue weighted by molar-refractivity contribution is 6.04. The first-order valence-corrected chi connectivity index (χ1v) is 7.04. The van der Waals surface area contributed by atoms with Crippen LogP contribution in [0.3, 0.4) is 0 Å². The van der Waals surface area contributed by atoms with Gasteiger partial charge in [0, 0.05) is 17.8 Å². The van der Waals surface area contributed by atoms with E-state index in [1.807, 2.05) is 36.4 Å². The number of hydrogen-bond donors (Lipinski definition) is 2. The molecule has 3 rings (SSSR count). The molecule has 2 N–H and O–H groups in total. The van der Waals surface area contributed by atoms with Crippen molar-refractivity contribution in [2.24, 2.45) is 0 Å². The lowest BCUT2D eigenvalue weighted by Gasteiger charge is -2.17. The van der Waals surface area contributed by atoms with Gasteiger partial charge in [-0.2, -0.15) is 0 Å². The second-order valence-corrected chi connectivity index (χ2v) is 5.09. The molecule has 0 saturated carbocycles. The molecule has 0 unspecified atom stereocenters. The summed E-state index contributed by atoms with van der Waals surface area (Å²) in [6.45, 7) is 1.84. The Morgan fingerprint density at radius 3 is 2.71 bits per heavy atom. The van der Waals surface area contributed by atoms with Gasteiger partial charge < -0.3 is 15.4 Å². The summed E-state index contributed by atoms with van der Waals surface area (Å²) in [4.78, 5) is 12.3. The third-order valence-corrected chi connectivity index (χ3v) is 3.70. The monoisotopic (exact) mass is 282 g/mol. The Morgan fingerprint density at radius 2 is 1.95 bits per heavy atom. The summed E-state index contributed by atoms with van der Waals surface area (Å²) in [5.74, 6) is 0.682. The van der Waals surface area contributed by atoms with E-state index in [2.05, 4.69) is 16.7 Å². The van der Waals surface area contributed by atoms with Crippen LogP contribution in [0.15, 0.2) is 42.5 Å². The van der Waals surface area contributed by atoms with Gasteiger partial charge in [0.1, 0.15) is 5.75 Å². The van der Waals surface area contributed by atoms with Crippen LogP contribution in [-0.4, -0.2) is 19.6 Å². The summed E-state index contributed by atoms with van der Waals surface area (Å²) in [5, 5.41) is 6.23. The maximum atomic E-state index is 12.3. The van der Waals surface area contributed by atoms with Crippen LogP contribution >= 0.6 is 0 Å². The van der Waals surface area contributed by atoms with Crippen molar-refractivity contribution in [1.82, 2.24) is 5.32 Å². The standard InChI is InChI=1S/C17H18N2O2/c1-21-16-6-4-15(5-7-16)19-17(20)13-3-2-12-8-9-18-11-14(12)10-13/h2-7,10,18H,8-9,11H2,1H3,(H,19,20). The van der Waals surface area contributed by atoms with E-state index >= 15 is 0 Å². The van der Waals surface area contributed by atoms with Crippen molar-refractivity contribution < 1.29 is 9.53 Å². The quantitative estimate of drug-likeness (QED) is 0.909. The number of fused-ring (bicyclic) bond motifs is 1. The molecule has 2 aromatic carbocycles. The lowest BCUT2D eigenvalue weighted by atomic mass is 9.98. The Morgan fingerprint density at radius 1 is 1.14 bits per heavy atom. The van der Waals surface area contributed by atoms with Crippen LogP contribution in [0.4, 0.5) is 5.69 Å². The number of rotatable bonds is 3. The highest BCUT2D eigenvalue weighted by Crippen LogP contribution is 2.18. The number of carbonyl (C=O) groups excluding carboxylic acids is 1. The number of benzene rings is 2. The Hall–Kier alpha value is -2.33. The molecule has 0 radical (unpaired) electrons. The number of anilines is 1. The van der Waals surface area contributed by atoms with Gasteiger partial charge in [0.25, 0.3) is 5.91 Å². The molecule has 0 fully saturated rings. The summed E-state index contributed by atoms with van der Waals surface area (Å²) in [5.41, 5.74) is 3.99. The van der Waals surface area contributed by atoms with E-state index in [0.717, 1.165) is 30.9 Å². The van der Waals surface area contributed by atoms with Gasteiger partial charge >= 0.3 is 0 Å². The minimum absolute atomic E-state index is 0.0893. The maximum Gasteiger partial charge on any atom is 0.255 e. The second kappa shape index (κ2) is 5.97. The van der Waals surface area contributed by atoms with Crippen LogP contribution in [0.5, 0.6) is 5.75 Å². The minimum Gasteiger partial charge on any atom is -0.497 e. The van der Waals surface area contributed by atoms with Crippen molar-refractivity contribution in [3.8, 4) is 5.75 Å². The number of carbonyl (C=O) groups is 1. The molecule has 1 amide bonds. The van der Waals surface area contributed by atoms with E-state index in [4.69, 9.17) is 4.74 Å². The fourth-order valence-electron chi connectivity index (χ4n) is 2.50. The van der Waals surface area contributed by atoms with Gasteiger partial charge in [-0.15, -0.1) is 0 Å². The maximum absolute atomic E-state index is 12.3. The molecule has 1 aliphatic heterocycles. The van der Waals surface area contributed by atoms with Gasteiger partial charge in [-0.05, 0) is 60.5 Å². The van der Waals surface area contributed by atoms with Gasteiger partial charge in [-0.25, -0.2) is 0 Å². The molecule has 2 aromatic rings. The van der Waals surface area contributed by atoms with Crippen molar-refractivity contribution in [3.63, 3.8) is 0 Å². The molecule has 4 heteroatoms. The minimum atomic E-state index is -0.0893. The van der Waals surface area contributed by atoms with Crippen LogP contribution in [0, 0.1) is 0 Å². The number of nitrogens with one attached hydrogen (secondary N) is 2. The van der Waals surface area contributed by atoms with E-state index in [1.54, 1.807) is 7.11 Å². The summed E-state index contributed by atoms with van der Waals surface area (Å²) < 4.78 is 5.10. The van der Waals surface area contributed by atoms with Crippen LogP contribution in [0.1, 0.15) is 21.5 Å². The van der Waals surface area contributed by atoms with Gasteiger partial charge in [-0.3, -0.25) is 4.79 Å². The molecule has 0 aliphatic carbocycles. The van der Waals surface area contributed by atoms with E-state index < -0.39 is 0 Å². The SMILES string of the molecule is COc1ccc(NC(=O)c2ccc3c(c2)CNCC3)cc1. The van der Waals surface area contributed by atoms with Crippen LogP contribution < -0.4 is 15.4 Å². The average Bonchev–Trinajstić information content (AvgIpc) is 2.55. The number of methoxy groups -OCH3 is 1. The molecule has 1 aliphatic rings. The Labute approximate surface area is 124 Å². The lowest BCUT2D eigenvalue weighted by molar-refractivity contribution is 0.102. The highest BCUT2D eigenvalue weighted by Gasteiger charge is 2.12. The molecule has 1 heterocycles. The molecule has 0 atom stereocenters. The van der Waals surface area contributed by atoms with Crippen molar-refractivity contribution in [2.75, 3.05) is 19.0 Å². The molecule has 0 bridgehead atoms. The third-order valence-electron chi connectivity index (χ3n) is 3.70. The molecule has 0 saturated heterocycles. The van der Waals surface area contributed by atoms with E-state index in [1.165, 1.54) is 11.1 Å². The van der Waals surface area contributed by atoms with Crippen molar-refractivity contribution in [1.29, 1.82) is 0 Å². The van der Waals surface area contributed by atoms with Crippen molar-refractivity contribution in [2.45, 2.75) is 13.0 Å². The normalized spacial score (nSPS) is 13.4. The second-order valence-electron chi connectivity index (χ2n) is 5.09. The summed E-state index contributed by atoms with van der Waals surface area (Å²) in [7, 11) is 1.62. The zero-order valence-corrected chi connectivity index (χ0v) is 12.0. The smallest absolute Gasteiger partial charge is 0.255 e. The number of ether oxygens (including phenoxy) is 1. The zero-order valence-electron chi connectivity index (χ0n) is 12.0. The summed E-state index contributed by atoms with van der Waals surface area (Å²) in [6.07, 6.45) is 1.02.